The maximum absolute atomic E-state index is 14.1. The van der Waals surface area contributed by atoms with Gasteiger partial charge in [0.2, 0.25) is 0 Å². The minimum atomic E-state index is -4.13. The normalized spacial score (nSPS) is 35.6. The highest BCUT2D eigenvalue weighted by Crippen LogP contribution is 2.59. The summed E-state index contributed by atoms with van der Waals surface area (Å²) in [5.41, 5.74) is -0.854. The zero-order valence-electron chi connectivity index (χ0n) is 17.7. The van der Waals surface area contributed by atoms with Crippen LogP contribution in [0.5, 0.6) is 0 Å². The first-order chi connectivity index (χ1) is 14.4. The first kappa shape index (κ1) is 24.1. The van der Waals surface area contributed by atoms with E-state index in [0.717, 1.165) is 0 Å². The van der Waals surface area contributed by atoms with Gasteiger partial charge in [-0.3, -0.25) is 23.3 Å². The largest absolute Gasteiger partial charge is 0.475 e. The monoisotopic (exact) mass is 466 g/mol. The number of aliphatic hydroxyl groups is 1. The third kappa shape index (κ3) is 5.44. The summed E-state index contributed by atoms with van der Waals surface area (Å²) in [7, 11) is -4.13. The van der Waals surface area contributed by atoms with E-state index < -0.39 is 69.1 Å². The third-order valence-corrected chi connectivity index (χ3v) is 6.42. The summed E-state index contributed by atoms with van der Waals surface area (Å²) in [4.78, 5) is 25.0. The molecule has 0 aromatic carbocycles. The number of nitrogens with one attached hydrogen (secondary N) is 1. The van der Waals surface area contributed by atoms with E-state index in [1.807, 2.05) is 0 Å². The van der Waals surface area contributed by atoms with Crippen molar-refractivity contribution in [2.75, 3.05) is 13.2 Å². The van der Waals surface area contributed by atoms with Crippen LogP contribution in [0.25, 0.3) is 0 Å². The highest BCUT2D eigenvalue weighted by atomic mass is 31.2. The predicted octanol–water partition coefficient (Wildman–Crippen LogP) is 1.81. The summed E-state index contributed by atoms with van der Waals surface area (Å²) in [6.45, 7) is 5.96. The molecule has 31 heavy (non-hydrogen) atoms. The SMILES string of the molecule is CC(C)OC(=O)C[C@@H](F)CO[P@]1(=O)OC[C@H]2O[C@@H](N3C=CC(O)NC3=O)C(C)(C)[C@@H]2O1. The molecule has 0 radical (unpaired) electrons. The Bertz CT molecular complexity index is 777. The van der Waals surface area contributed by atoms with Crippen molar-refractivity contribution in [2.45, 2.75) is 71.1 Å². The van der Waals surface area contributed by atoms with Crippen molar-refractivity contribution >= 4 is 19.8 Å². The number of halogens is 1. The van der Waals surface area contributed by atoms with Crippen molar-refractivity contribution in [1.29, 1.82) is 0 Å². The lowest BCUT2D eigenvalue weighted by molar-refractivity contribution is -0.149. The van der Waals surface area contributed by atoms with E-state index >= 15 is 0 Å². The number of phosphoric ester groups is 1. The predicted molar refractivity (Wildman–Crippen MR) is 103 cm³/mol. The van der Waals surface area contributed by atoms with E-state index in [2.05, 4.69) is 5.32 Å². The molecule has 3 aliphatic heterocycles. The number of ether oxygens (including phenoxy) is 2. The lowest BCUT2D eigenvalue weighted by Crippen LogP contribution is -2.54. The van der Waals surface area contributed by atoms with Gasteiger partial charge in [-0.25, -0.2) is 13.8 Å². The third-order valence-electron chi connectivity index (χ3n) is 5.01. The molecule has 13 heteroatoms. The van der Waals surface area contributed by atoms with Gasteiger partial charge in [0.25, 0.3) is 0 Å². The van der Waals surface area contributed by atoms with Crippen molar-refractivity contribution in [3.8, 4) is 0 Å². The molecule has 3 aliphatic rings. The molecule has 0 spiro atoms. The van der Waals surface area contributed by atoms with Crippen LogP contribution in [0.2, 0.25) is 0 Å². The van der Waals surface area contributed by atoms with Crippen LogP contribution in [0.3, 0.4) is 0 Å². The molecule has 2 fully saturated rings. The van der Waals surface area contributed by atoms with Crippen LogP contribution in [-0.4, -0.2) is 72.2 Å². The van der Waals surface area contributed by atoms with Gasteiger partial charge in [-0.2, -0.15) is 0 Å². The first-order valence-corrected chi connectivity index (χ1v) is 11.4. The Morgan fingerprint density at radius 1 is 1.48 bits per heavy atom. The number of carbonyl (C=O) groups is 2. The van der Waals surface area contributed by atoms with Crippen LogP contribution < -0.4 is 5.32 Å². The number of amides is 2. The molecule has 0 aliphatic carbocycles. The Kier molecular flexibility index (Phi) is 7.09. The molecule has 0 saturated carbocycles. The number of fused-ring (bicyclic) bond motifs is 1. The van der Waals surface area contributed by atoms with Gasteiger partial charge in [0.05, 0.1) is 25.7 Å². The van der Waals surface area contributed by atoms with Crippen molar-refractivity contribution in [1.82, 2.24) is 10.2 Å². The van der Waals surface area contributed by atoms with Gasteiger partial charge < -0.3 is 19.9 Å². The van der Waals surface area contributed by atoms with Gasteiger partial charge in [0, 0.05) is 11.6 Å². The van der Waals surface area contributed by atoms with Crippen LogP contribution in [0.1, 0.15) is 34.1 Å². The van der Waals surface area contributed by atoms with E-state index in [0.29, 0.717) is 0 Å². The van der Waals surface area contributed by atoms with Crippen LogP contribution in [0, 0.1) is 5.41 Å². The number of hydrogen-bond acceptors (Lipinski definition) is 9. The van der Waals surface area contributed by atoms with E-state index in [-0.39, 0.29) is 12.7 Å². The van der Waals surface area contributed by atoms with E-state index in [1.165, 1.54) is 17.2 Å². The summed E-state index contributed by atoms with van der Waals surface area (Å²) in [5, 5.41) is 11.8. The number of rotatable bonds is 7. The number of esters is 1. The highest BCUT2D eigenvalue weighted by molar-refractivity contribution is 7.48. The fourth-order valence-electron chi connectivity index (χ4n) is 3.59. The Morgan fingerprint density at radius 3 is 2.84 bits per heavy atom. The van der Waals surface area contributed by atoms with Crippen molar-refractivity contribution in [2.24, 2.45) is 5.41 Å². The number of aliphatic hydroxyl groups excluding tert-OH is 1. The summed E-state index contributed by atoms with van der Waals surface area (Å²) < 4.78 is 53.6. The summed E-state index contributed by atoms with van der Waals surface area (Å²) in [6, 6.07) is -0.569. The van der Waals surface area contributed by atoms with Crippen LogP contribution in [0.4, 0.5) is 9.18 Å². The Hall–Kier alpha value is -1.56. The molecule has 1 unspecified atom stereocenters. The standard InChI is InChI=1S/C18H28FN2O9P/c1-10(2)28-14(23)7-11(19)8-26-31(25)27-9-12-15(30-31)18(3,4)16(29-12)21-6-5-13(22)20-17(21)24/h5-6,10-13,15-16,22H,7-9H2,1-4H3,(H,20,24)/t11-,12-,13?,15-,16-,31-/m1/s1. The molecule has 11 nitrogen and oxygen atoms in total. The van der Waals surface area contributed by atoms with Crippen LogP contribution in [0.15, 0.2) is 12.3 Å². The van der Waals surface area contributed by atoms with E-state index in [9.17, 15) is 23.7 Å². The Labute approximate surface area is 179 Å². The van der Waals surface area contributed by atoms with Gasteiger partial charge in [-0.1, -0.05) is 13.8 Å². The molecule has 0 aromatic rings. The number of carbonyl (C=O) groups excluding carboxylic acids is 2. The summed E-state index contributed by atoms with van der Waals surface area (Å²) >= 11 is 0. The molecule has 2 amide bonds. The maximum atomic E-state index is 14.1. The number of phosphoric acid groups is 1. The van der Waals surface area contributed by atoms with Crippen molar-refractivity contribution in [3.05, 3.63) is 12.3 Å². The van der Waals surface area contributed by atoms with Crippen molar-refractivity contribution in [3.63, 3.8) is 0 Å². The topological polar surface area (TPSA) is 133 Å². The van der Waals surface area contributed by atoms with Crippen molar-refractivity contribution < 1.29 is 46.7 Å². The molecule has 2 N–H and O–H groups in total. The number of alkyl halides is 1. The number of hydrogen-bond donors (Lipinski definition) is 2. The fourth-order valence-corrected chi connectivity index (χ4v) is 5.14. The molecular formula is C18H28FN2O9P. The molecule has 0 aromatic heterocycles. The van der Waals surface area contributed by atoms with Gasteiger partial charge >= 0.3 is 19.8 Å². The Morgan fingerprint density at radius 2 is 2.19 bits per heavy atom. The zero-order chi connectivity index (χ0) is 23.0. The fraction of sp³-hybridized carbons (Fsp3) is 0.778. The minimum absolute atomic E-state index is 0.157. The van der Waals surface area contributed by atoms with Gasteiger partial charge in [0.1, 0.15) is 30.8 Å². The molecule has 3 rings (SSSR count). The second-order valence-electron chi connectivity index (χ2n) is 8.40. The maximum Gasteiger partial charge on any atom is 0.475 e. The molecule has 6 atom stereocenters. The molecule has 2 saturated heterocycles. The average Bonchev–Trinajstić information content (AvgIpc) is 2.90. The zero-order valence-corrected chi connectivity index (χ0v) is 18.6. The van der Waals surface area contributed by atoms with Crippen LogP contribution >= 0.6 is 7.82 Å². The summed E-state index contributed by atoms with van der Waals surface area (Å²) in [6.07, 6.45) is -3.25. The highest BCUT2D eigenvalue weighted by Gasteiger charge is 2.59. The molecular weight excluding hydrogens is 438 g/mol. The minimum Gasteiger partial charge on any atom is -0.463 e. The number of nitrogens with zero attached hydrogens (tertiary/aromatic N) is 1. The summed E-state index contributed by atoms with van der Waals surface area (Å²) in [5.74, 6) is -0.735. The average molecular weight is 466 g/mol. The second kappa shape index (κ2) is 9.13. The van der Waals surface area contributed by atoms with Gasteiger partial charge in [0.15, 0.2) is 0 Å². The van der Waals surface area contributed by atoms with E-state index in [4.69, 9.17) is 23.0 Å². The molecule has 176 valence electrons. The quantitative estimate of drug-likeness (QED) is 0.426. The van der Waals surface area contributed by atoms with E-state index in [1.54, 1.807) is 27.7 Å². The lowest BCUT2D eigenvalue weighted by Gasteiger charge is -2.39. The molecule has 3 heterocycles. The van der Waals surface area contributed by atoms with Gasteiger partial charge in [-0.15, -0.1) is 0 Å². The molecule has 0 bridgehead atoms. The van der Waals surface area contributed by atoms with Gasteiger partial charge in [-0.05, 0) is 19.9 Å². The Balaban J connectivity index is 1.61. The second-order valence-corrected chi connectivity index (χ2v) is 10.0. The lowest BCUT2D eigenvalue weighted by atomic mass is 9.84. The smallest absolute Gasteiger partial charge is 0.463 e. The first-order valence-electron chi connectivity index (χ1n) is 9.93. The number of urea groups is 1. The van der Waals surface area contributed by atoms with Crippen LogP contribution in [-0.2, 0) is 32.4 Å².